The van der Waals surface area contributed by atoms with Crippen molar-refractivity contribution in [1.29, 1.82) is 0 Å². The van der Waals surface area contributed by atoms with Gasteiger partial charge >= 0.3 is 0 Å². The second kappa shape index (κ2) is 5.06. The van der Waals surface area contributed by atoms with Gasteiger partial charge in [-0.1, -0.05) is 12.1 Å². The quantitative estimate of drug-likeness (QED) is 0.829. The third-order valence-corrected chi connectivity index (χ3v) is 2.95. The molecule has 100 valence electrons. The van der Waals surface area contributed by atoms with Gasteiger partial charge < -0.3 is 14.5 Å². The lowest BCUT2D eigenvalue weighted by Crippen LogP contribution is -2.61. The molecule has 1 N–H and O–H groups in total. The maximum atomic E-state index is 11.7. The average Bonchev–Trinajstić information content (AvgIpc) is 2.71. The number of rotatable bonds is 5. The molecule has 1 amide bonds. The van der Waals surface area contributed by atoms with E-state index in [-0.39, 0.29) is 5.91 Å². The molecule has 0 spiro atoms. The molecule has 0 unspecified atom stereocenters. The average molecular weight is 253 g/mol. The highest BCUT2D eigenvalue weighted by atomic mass is 16.5. The van der Waals surface area contributed by atoms with Crippen LogP contribution in [0.5, 0.6) is 0 Å². The Morgan fingerprint density at radius 1 is 1.50 bits per heavy atom. The minimum atomic E-state index is -0.714. The van der Waals surface area contributed by atoms with Crippen molar-refractivity contribution in [3.05, 3.63) is 11.7 Å². The van der Waals surface area contributed by atoms with E-state index < -0.39 is 5.60 Å². The molecule has 2 heterocycles. The van der Waals surface area contributed by atoms with Crippen molar-refractivity contribution in [3.8, 4) is 0 Å². The van der Waals surface area contributed by atoms with E-state index in [9.17, 15) is 9.90 Å². The van der Waals surface area contributed by atoms with E-state index in [1.807, 2.05) is 0 Å². The summed E-state index contributed by atoms with van der Waals surface area (Å²) in [5, 5.41) is 13.4. The maximum absolute atomic E-state index is 11.7. The Hall–Kier alpha value is -1.43. The van der Waals surface area contributed by atoms with Crippen molar-refractivity contribution in [1.82, 2.24) is 15.0 Å². The molecule has 0 radical (unpaired) electrons. The molecule has 0 aromatic carbocycles. The largest absolute Gasteiger partial charge is 0.386 e. The molecule has 1 aromatic heterocycles. The van der Waals surface area contributed by atoms with Crippen LogP contribution in [0.15, 0.2) is 4.52 Å². The van der Waals surface area contributed by atoms with Gasteiger partial charge in [0.1, 0.15) is 0 Å². The van der Waals surface area contributed by atoms with Crippen LogP contribution in [0, 0.1) is 0 Å². The van der Waals surface area contributed by atoms with E-state index in [2.05, 4.69) is 17.1 Å². The smallest absolute Gasteiger partial charge is 0.227 e. The van der Waals surface area contributed by atoms with Crippen LogP contribution < -0.4 is 0 Å². The van der Waals surface area contributed by atoms with Gasteiger partial charge in [-0.15, -0.1) is 0 Å². The van der Waals surface area contributed by atoms with E-state index in [1.165, 1.54) is 0 Å². The zero-order valence-electron chi connectivity index (χ0n) is 10.8. The van der Waals surface area contributed by atoms with Crippen molar-refractivity contribution in [2.45, 2.75) is 45.1 Å². The summed E-state index contributed by atoms with van der Waals surface area (Å²) in [7, 11) is 0. The maximum Gasteiger partial charge on any atom is 0.227 e. The molecule has 18 heavy (non-hydrogen) atoms. The summed E-state index contributed by atoms with van der Waals surface area (Å²) in [6, 6.07) is 0. The topological polar surface area (TPSA) is 79.5 Å². The van der Waals surface area contributed by atoms with E-state index in [4.69, 9.17) is 4.52 Å². The predicted octanol–water partition coefficient (Wildman–Crippen LogP) is 0.548. The SMILES string of the molecule is CCCc1noc(CCC(=O)N2CC(C)(O)C2)n1. The Morgan fingerprint density at radius 3 is 2.83 bits per heavy atom. The molecule has 6 nitrogen and oxygen atoms in total. The van der Waals surface area contributed by atoms with E-state index in [0.717, 1.165) is 12.8 Å². The fraction of sp³-hybridized carbons (Fsp3) is 0.750. The van der Waals surface area contributed by atoms with Crippen molar-refractivity contribution in [2.24, 2.45) is 0 Å². The van der Waals surface area contributed by atoms with Gasteiger partial charge in [0.15, 0.2) is 5.82 Å². The molecular formula is C12H19N3O3. The van der Waals surface area contributed by atoms with Gasteiger partial charge in [-0.25, -0.2) is 0 Å². The number of carbonyl (C=O) groups is 1. The van der Waals surface area contributed by atoms with Gasteiger partial charge in [0.25, 0.3) is 0 Å². The fourth-order valence-electron chi connectivity index (χ4n) is 2.04. The number of likely N-dealkylation sites (tertiary alicyclic amines) is 1. The first-order chi connectivity index (χ1) is 8.50. The molecule has 1 aromatic rings. The highest BCUT2D eigenvalue weighted by Gasteiger charge is 2.38. The zero-order chi connectivity index (χ0) is 13.2. The van der Waals surface area contributed by atoms with Crippen LogP contribution in [-0.2, 0) is 17.6 Å². The first-order valence-electron chi connectivity index (χ1n) is 6.32. The molecular weight excluding hydrogens is 234 g/mol. The fourth-order valence-corrected chi connectivity index (χ4v) is 2.04. The number of carbonyl (C=O) groups excluding carboxylic acids is 1. The molecule has 0 atom stereocenters. The lowest BCUT2D eigenvalue weighted by Gasteiger charge is -2.44. The number of aliphatic hydroxyl groups is 1. The zero-order valence-corrected chi connectivity index (χ0v) is 10.8. The Bertz CT molecular complexity index is 420. The molecule has 2 rings (SSSR count). The van der Waals surface area contributed by atoms with Crippen molar-refractivity contribution in [2.75, 3.05) is 13.1 Å². The number of β-amino-alcohol motifs (C(OH)–C–C–N with tert-alkyl or cyclic N) is 1. The first-order valence-corrected chi connectivity index (χ1v) is 6.32. The van der Waals surface area contributed by atoms with Crippen LogP contribution in [0.1, 0.15) is 38.4 Å². The number of nitrogens with zero attached hydrogens (tertiary/aromatic N) is 3. The van der Waals surface area contributed by atoms with E-state index in [1.54, 1.807) is 11.8 Å². The number of amides is 1. The molecule has 1 fully saturated rings. The van der Waals surface area contributed by atoms with Gasteiger partial charge in [-0.05, 0) is 13.3 Å². The molecule has 1 aliphatic rings. The van der Waals surface area contributed by atoms with Gasteiger partial charge in [-0.3, -0.25) is 4.79 Å². The normalized spacial score (nSPS) is 17.6. The van der Waals surface area contributed by atoms with Crippen LogP contribution in [-0.4, -0.2) is 44.7 Å². The summed E-state index contributed by atoms with van der Waals surface area (Å²) in [6.45, 7) is 4.61. The molecule has 0 saturated carbocycles. The lowest BCUT2D eigenvalue weighted by atomic mass is 9.96. The molecule has 1 aliphatic heterocycles. The Morgan fingerprint density at radius 2 is 2.22 bits per heavy atom. The van der Waals surface area contributed by atoms with Crippen molar-refractivity contribution >= 4 is 5.91 Å². The van der Waals surface area contributed by atoms with Crippen LogP contribution in [0.4, 0.5) is 0 Å². The second-order valence-corrected chi connectivity index (χ2v) is 5.10. The molecule has 0 bridgehead atoms. The minimum absolute atomic E-state index is 0.0248. The first kappa shape index (κ1) is 13.0. The molecule has 0 aliphatic carbocycles. The number of hydrogen-bond donors (Lipinski definition) is 1. The Labute approximate surface area is 106 Å². The van der Waals surface area contributed by atoms with Crippen LogP contribution in [0.2, 0.25) is 0 Å². The third-order valence-electron chi connectivity index (χ3n) is 2.95. The van der Waals surface area contributed by atoms with Crippen LogP contribution >= 0.6 is 0 Å². The summed E-state index contributed by atoms with van der Waals surface area (Å²) in [5.41, 5.74) is -0.714. The molecule has 1 saturated heterocycles. The second-order valence-electron chi connectivity index (χ2n) is 5.10. The summed E-state index contributed by atoms with van der Waals surface area (Å²) in [5.74, 6) is 1.24. The van der Waals surface area contributed by atoms with Gasteiger partial charge in [0.05, 0.1) is 18.7 Å². The van der Waals surface area contributed by atoms with Crippen LogP contribution in [0.3, 0.4) is 0 Å². The Kier molecular flexibility index (Phi) is 3.65. The van der Waals surface area contributed by atoms with Crippen molar-refractivity contribution < 1.29 is 14.4 Å². The monoisotopic (exact) mass is 253 g/mol. The highest BCUT2D eigenvalue weighted by molar-refractivity contribution is 5.77. The summed E-state index contributed by atoms with van der Waals surface area (Å²) in [6.07, 6.45) is 2.59. The summed E-state index contributed by atoms with van der Waals surface area (Å²) in [4.78, 5) is 17.6. The Balaban J connectivity index is 1.75. The predicted molar refractivity (Wildman–Crippen MR) is 63.8 cm³/mol. The summed E-state index contributed by atoms with van der Waals surface area (Å²) >= 11 is 0. The van der Waals surface area contributed by atoms with Gasteiger partial charge in [-0.2, -0.15) is 4.98 Å². The van der Waals surface area contributed by atoms with Gasteiger partial charge in [0.2, 0.25) is 11.8 Å². The van der Waals surface area contributed by atoms with Crippen molar-refractivity contribution in [3.63, 3.8) is 0 Å². The van der Waals surface area contributed by atoms with Crippen LogP contribution in [0.25, 0.3) is 0 Å². The highest BCUT2D eigenvalue weighted by Crippen LogP contribution is 2.20. The third kappa shape index (κ3) is 3.07. The van der Waals surface area contributed by atoms with E-state index in [0.29, 0.717) is 37.6 Å². The number of aromatic nitrogens is 2. The number of aryl methyl sites for hydroxylation is 2. The standard InChI is InChI=1S/C12H19N3O3/c1-3-4-9-13-10(18-14-9)5-6-11(16)15-7-12(2,17)8-15/h17H,3-8H2,1-2H3. The van der Waals surface area contributed by atoms with Gasteiger partial charge in [0, 0.05) is 19.3 Å². The molecule has 6 heteroatoms. The lowest BCUT2D eigenvalue weighted by molar-refractivity contribution is -0.152. The minimum Gasteiger partial charge on any atom is -0.386 e. The van der Waals surface area contributed by atoms with E-state index >= 15 is 0 Å². The summed E-state index contributed by atoms with van der Waals surface area (Å²) < 4.78 is 5.06. The number of hydrogen-bond acceptors (Lipinski definition) is 5.